The van der Waals surface area contributed by atoms with Gasteiger partial charge in [0.25, 0.3) is 0 Å². The molecule has 8 atom stereocenters. The van der Waals surface area contributed by atoms with Gasteiger partial charge in [0.15, 0.2) is 0 Å². The van der Waals surface area contributed by atoms with Crippen molar-refractivity contribution in [3.63, 3.8) is 0 Å². The molecule has 1 saturated heterocycles. The van der Waals surface area contributed by atoms with Crippen molar-refractivity contribution in [1.82, 2.24) is 30.7 Å². The van der Waals surface area contributed by atoms with Crippen molar-refractivity contribution in [1.29, 1.82) is 0 Å². The van der Waals surface area contributed by atoms with Crippen LogP contribution in [0.4, 0.5) is 0 Å². The molecule has 0 aromatic carbocycles. The van der Waals surface area contributed by atoms with Crippen molar-refractivity contribution in [3.05, 3.63) is 0 Å². The fraction of sp³-hybridized carbons (Fsp3) is 0.882. The molecule has 0 radical (unpaired) electrons. The van der Waals surface area contributed by atoms with Crippen LogP contribution < -0.4 is 16.0 Å². The van der Waals surface area contributed by atoms with Gasteiger partial charge in [0.1, 0.15) is 6.04 Å². The van der Waals surface area contributed by atoms with E-state index in [1.165, 1.54) is 0 Å². The first kappa shape index (κ1) is 41.7. The van der Waals surface area contributed by atoms with Crippen LogP contribution in [0.2, 0.25) is 0 Å². The van der Waals surface area contributed by atoms with Gasteiger partial charge in [-0.25, -0.2) is 0 Å². The molecule has 0 unspecified atom stereocenters. The Morgan fingerprint density at radius 1 is 0.913 bits per heavy atom. The molecule has 12 nitrogen and oxygen atoms in total. The fourth-order valence-electron chi connectivity index (χ4n) is 6.61. The SMILES string of the molecule is CC[C@H](C)[C@@H]([C@@H](CC(=O)N1CCC[C@H]1[C@H](OC)[C@@H](C)C(=O)NCCN(C)C)OC)N(C)C(=O)[C@@H](NC(=O)[C@@H](NC)C(C)C)C(C)C. The van der Waals surface area contributed by atoms with Gasteiger partial charge in [-0.05, 0) is 51.7 Å². The van der Waals surface area contributed by atoms with E-state index < -0.39 is 36.3 Å². The summed E-state index contributed by atoms with van der Waals surface area (Å²) in [6.07, 6.45) is 1.37. The van der Waals surface area contributed by atoms with Crippen LogP contribution in [-0.4, -0.2) is 137 Å². The zero-order chi connectivity index (χ0) is 35.3. The number of likely N-dealkylation sites (tertiary alicyclic amines) is 1. The largest absolute Gasteiger partial charge is 0.379 e. The highest BCUT2D eigenvalue weighted by Crippen LogP contribution is 2.29. The number of ether oxygens (including phenoxy) is 2. The summed E-state index contributed by atoms with van der Waals surface area (Å²) in [5.41, 5.74) is 0. The van der Waals surface area contributed by atoms with Gasteiger partial charge in [0.2, 0.25) is 23.6 Å². The van der Waals surface area contributed by atoms with Crippen molar-refractivity contribution in [3.8, 4) is 0 Å². The summed E-state index contributed by atoms with van der Waals surface area (Å²) >= 11 is 0. The highest BCUT2D eigenvalue weighted by Gasteiger charge is 2.43. The van der Waals surface area contributed by atoms with Crippen molar-refractivity contribution < 1.29 is 28.7 Å². The molecule has 0 aliphatic carbocycles. The van der Waals surface area contributed by atoms with E-state index in [2.05, 4.69) is 29.8 Å². The number of hydrogen-bond acceptors (Lipinski definition) is 8. The first-order chi connectivity index (χ1) is 21.6. The molecule has 0 spiro atoms. The quantitative estimate of drug-likeness (QED) is 0.182. The van der Waals surface area contributed by atoms with Gasteiger partial charge in [-0.3, -0.25) is 19.2 Å². The van der Waals surface area contributed by atoms with Gasteiger partial charge >= 0.3 is 0 Å². The Morgan fingerprint density at radius 2 is 1.52 bits per heavy atom. The second-order valence-electron chi connectivity index (χ2n) is 13.9. The second kappa shape index (κ2) is 20.2. The maximum Gasteiger partial charge on any atom is 0.245 e. The third kappa shape index (κ3) is 11.5. The van der Waals surface area contributed by atoms with Crippen LogP contribution in [0.5, 0.6) is 0 Å². The molecule has 46 heavy (non-hydrogen) atoms. The van der Waals surface area contributed by atoms with Crippen LogP contribution in [0, 0.1) is 23.7 Å². The molecule has 1 fully saturated rings. The van der Waals surface area contributed by atoms with Crippen molar-refractivity contribution in [2.24, 2.45) is 23.7 Å². The zero-order valence-corrected chi connectivity index (χ0v) is 31.0. The number of nitrogens with one attached hydrogen (secondary N) is 3. The van der Waals surface area contributed by atoms with Crippen molar-refractivity contribution in [2.45, 2.75) is 111 Å². The molecule has 1 heterocycles. The summed E-state index contributed by atoms with van der Waals surface area (Å²) in [7, 11) is 10.6. The summed E-state index contributed by atoms with van der Waals surface area (Å²) in [5, 5.41) is 9.02. The molecular weight excluding hydrogens is 588 g/mol. The van der Waals surface area contributed by atoms with Crippen LogP contribution in [0.1, 0.15) is 74.1 Å². The highest BCUT2D eigenvalue weighted by atomic mass is 16.5. The topological polar surface area (TPSA) is 133 Å². The summed E-state index contributed by atoms with van der Waals surface area (Å²) in [4.78, 5) is 59.6. The summed E-state index contributed by atoms with van der Waals surface area (Å²) < 4.78 is 11.8. The molecule has 1 aliphatic rings. The molecule has 0 saturated carbocycles. The molecule has 268 valence electrons. The van der Waals surface area contributed by atoms with E-state index in [1.807, 2.05) is 58.5 Å². The predicted molar refractivity (Wildman–Crippen MR) is 182 cm³/mol. The summed E-state index contributed by atoms with van der Waals surface area (Å²) in [6.45, 7) is 15.5. The molecule has 0 bridgehead atoms. The standard InChI is InChI=1S/C34H66N6O6/c1-14-23(6)30(39(11)34(44)29(22(4)5)37-33(43)28(35-8)21(2)3)26(45-12)20-27(41)40-18-15-16-25(40)31(46-13)24(7)32(42)36-17-19-38(9)10/h21-26,28-31,35H,14-20H2,1-13H3,(H,36,42)(H,37,43)/t23-,24+,25-,26+,28-,29-,30-,31+/m0/s1. The van der Waals surface area contributed by atoms with Gasteiger partial charge in [0.05, 0.1) is 42.7 Å². The van der Waals surface area contributed by atoms with E-state index in [1.54, 1.807) is 33.2 Å². The lowest BCUT2D eigenvalue weighted by molar-refractivity contribution is -0.147. The van der Waals surface area contributed by atoms with E-state index in [9.17, 15) is 19.2 Å². The highest BCUT2D eigenvalue weighted by molar-refractivity contribution is 5.90. The third-order valence-corrected chi connectivity index (χ3v) is 9.61. The Hall–Kier alpha value is -2.28. The van der Waals surface area contributed by atoms with Crippen molar-refractivity contribution in [2.75, 3.05) is 62.0 Å². The number of rotatable bonds is 20. The maximum absolute atomic E-state index is 14.0. The van der Waals surface area contributed by atoms with E-state index >= 15 is 0 Å². The second-order valence-corrected chi connectivity index (χ2v) is 13.9. The van der Waals surface area contributed by atoms with Gasteiger partial charge in [-0.15, -0.1) is 0 Å². The number of hydrogen-bond donors (Lipinski definition) is 3. The lowest BCUT2D eigenvalue weighted by Crippen LogP contribution is -2.59. The molecule has 1 aliphatic heterocycles. The maximum atomic E-state index is 14.0. The minimum atomic E-state index is -0.734. The number of amides is 4. The Labute approximate surface area is 279 Å². The number of methoxy groups -OCH3 is 2. The Bertz CT molecular complexity index is 962. The number of nitrogens with zero attached hydrogens (tertiary/aromatic N) is 3. The molecule has 12 heteroatoms. The Balaban J connectivity index is 3.20. The number of likely N-dealkylation sites (N-methyl/N-ethyl adjacent to an activating group) is 3. The molecule has 3 N–H and O–H groups in total. The molecule has 0 aromatic heterocycles. The lowest BCUT2D eigenvalue weighted by Gasteiger charge is -2.41. The van der Waals surface area contributed by atoms with Crippen LogP contribution in [0.3, 0.4) is 0 Å². The summed E-state index contributed by atoms with van der Waals surface area (Å²) in [5.74, 6) is -1.14. The average Bonchev–Trinajstić information content (AvgIpc) is 3.48. The normalized spacial score (nSPS) is 19.8. The predicted octanol–water partition coefficient (Wildman–Crippen LogP) is 1.97. The monoisotopic (exact) mass is 655 g/mol. The van der Waals surface area contributed by atoms with Gasteiger partial charge in [-0.2, -0.15) is 0 Å². The first-order valence-electron chi connectivity index (χ1n) is 17.1. The van der Waals surface area contributed by atoms with Gasteiger partial charge < -0.3 is 40.1 Å². The third-order valence-electron chi connectivity index (χ3n) is 9.61. The Kier molecular flexibility index (Phi) is 18.3. The van der Waals surface area contributed by atoms with Gasteiger partial charge in [0, 0.05) is 40.9 Å². The van der Waals surface area contributed by atoms with Crippen LogP contribution in [0.15, 0.2) is 0 Å². The van der Waals surface area contributed by atoms with Crippen LogP contribution in [0.25, 0.3) is 0 Å². The fourth-order valence-corrected chi connectivity index (χ4v) is 6.61. The van der Waals surface area contributed by atoms with E-state index in [0.717, 1.165) is 25.8 Å². The smallest absolute Gasteiger partial charge is 0.245 e. The van der Waals surface area contributed by atoms with Crippen LogP contribution in [-0.2, 0) is 28.7 Å². The Morgan fingerprint density at radius 3 is 2.00 bits per heavy atom. The molecule has 4 amide bonds. The lowest BCUT2D eigenvalue weighted by atomic mass is 9.89. The van der Waals surface area contributed by atoms with Crippen molar-refractivity contribution >= 4 is 23.6 Å². The van der Waals surface area contributed by atoms with E-state index in [4.69, 9.17) is 9.47 Å². The number of carbonyl (C=O) groups is 4. The molecule has 0 aromatic rings. The average molecular weight is 655 g/mol. The summed E-state index contributed by atoms with van der Waals surface area (Å²) in [6, 6.07) is -1.81. The number of carbonyl (C=O) groups excluding carboxylic acids is 4. The zero-order valence-electron chi connectivity index (χ0n) is 31.0. The minimum absolute atomic E-state index is 0.0166. The molecular formula is C34H66N6O6. The van der Waals surface area contributed by atoms with Crippen LogP contribution >= 0.6 is 0 Å². The molecule has 1 rings (SSSR count). The van der Waals surface area contributed by atoms with Gasteiger partial charge in [-0.1, -0.05) is 54.9 Å². The van der Waals surface area contributed by atoms with E-state index in [-0.39, 0.29) is 53.8 Å². The first-order valence-corrected chi connectivity index (χ1v) is 17.1. The minimum Gasteiger partial charge on any atom is -0.379 e. The van der Waals surface area contributed by atoms with E-state index in [0.29, 0.717) is 13.1 Å².